The Hall–Kier alpha value is -4.52. The maximum atomic E-state index is 13.2. The molecule has 0 aliphatic heterocycles. The van der Waals surface area contributed by atoms with Crippen LogP contribution in [0.2, 0.25) is 0 Å². The zero-order valence-corrected chi connectivity index (χ0v) is 19.9. The Morgan fingerprint density at radius 1 is 0.949 bits per heavy atom. The number of carbonyl (C=O) groups excluding carboxylic acids is 1. The first kappa shape index (κ1) is 27.5. The topological polar surface area (TPSA) is 63.6 Å². The molecule has 0 unspecified atom stereocenters. The molecule has 0 aromatic heterocycles. The molecule has 1 N–H and O–H groups in total. The normalized spacial score (nSPS) is 16.4. The number of ether oxygens (including phenoxy) is 1. The van der Waals surface area contributed by atoms with Crippen molar-refractivity contribution >= 4 is 17.8 Å². The molecule has 0 fully saturated rings. The molecule has 0 spiro atoms. The van der Waals surface area contributed by atoms with Crippen molar-refractivity contribution in [2.75, 3.05) is 6.61 Å². The molecule has 4 rings (SSSR count). The van der Waals surface area contributed by atoms with Crippen LogP contribution in [0.15, 0.2) is 88.9 Å². The van der Waals surface area contributed by atoms with Gasteiger partial charge in [0.25, 0.3) is 0 Å². The van der Waals surface area contributed by atoms with Crippen LogP contribution in [0.1, 0.15) is 39.0 Å². The molecule has 2 aromatic carbocycles. The lowest BCUT2D eigenvalue weighted by atomic mass is 9.85. The number of hydrogen-bond donors (Lipinski definition) is 1. The van der Waals surface area contributed by atoms with Gasteiger partial charge in [0.1, 0.15) is 12.4 Å². The second-order valence-electron chi connectivity index (χ2n) is 8.68. The molecule has 0 atom stereocenters. The summed E-state index contributed by atoms with van der Waals surface area (Å²) in [6, 6.07) is 5.92. The van der Waals surface area contributed by atoms with E-state index >= 15 is 0 Å². The summed E-state index contributed by atoms with van der Waals surface area (Å²) in [5.41, 5.74) is 4.60. The largest absolute Gasteiger partial charge is 0.488 e. The van der Waals surface area contributed by atoms with Crippen LogP contribution in [0.4, 0.5) is 26.3 Å². The van der Waals surface area contributed by atoms with Crippen molar-refractivity contribution in [2.45, 2.75) is 25.2 Å². The van der Waals surface area contributed by atoms with Gasteiger partial charge in [-0.25, -0.2) is 4.79 Å². The van der Waals surface area contributed by atoms with E-state index in [0.717, 1.165) is 12.2 Å². The van der Waals surface area contributed by atoms with Gasteiger partial charge < -0.3 is 9.84 Å². The summed E-state index contributed by atoms with van der Waals surface area (Å²) in [6.07, 6.45) is -2.75. The summed E-state index contributed by atoms with van der Waals surface area (Å²) >= 11 is 0. The van der Waals surface area contributed by atoms with E-state index in [1.165, 1.54) is 12.1 Å². The van der Waals surface area contributed by atoms with Crippen LogP contribution in [0.25, 0.3) is 6.08 Å². The lowest BCUT2D eigenvalue weighted by molar-refractivity contribution is -0.143. The molecule has 0 bridgehead atoms. The van der Waals surface area contributed by atoms with E-state index in [-0.39, 0.29) is 35.8 Å². The number of alkyl halides is 6. The fourth-order valence-corrected chi connectivity index (χ4v) is 3.97. The van der Waals surface area contributed by atoms with Gasteiger partial charge >= 0.3 is 18.3 Å². The Labute approximate surface area is 218 Å². The summed E-state index contributed by atoms with van der Waals surface area (Å²) in [4.78, 5) is 23.6. The molecule has 2 aromatic rings. The third-order valence-electron chi connectivity index (χ3n) is 5.86. The van der Waals surface area contributed by atoms with Gasteiger partial charge in [-0.2, -0.15) is 26.3 Å². The number of fused-ring (bicyclic) bond motifs is 1. The number of allylic oxidation sites excluding steroid dienone is 4. The van der Waals surface area contributed by atoms with Crippen molar-refractivity contribution < 1.29 is 45.8 Å². The number of rotatable bonds is 6. The molecular formula is C29H18F6O4. The molecule has 0 heterocycles. The fraction of sp³-hybridized carbons (Fsp3) is 0.172. The molecule has 2 aliphatic carbocycles. The second kappa shape index (κ2) is 10.7. The Morgan fingerprint density at radius 3 is 2.23 bits per heavy atom. The molecule has 39 heavy (non-hydrogen) atoms. The minimum Gasteiger partial charge on any atom is -0.488 e. The number of carboxylic acid groups (broad SMARTS) is 1. The second-order valence-corrected chi connectivity index (χ2v) is 8.68. The van der Waals surface area contributed by atoms with Crippen molar-refractivity contribution in [3.63, 3.8) is 0 Å². The van der Waals surface area contributed by atoms with Crippen molar-refractivity contribution in [3.05, 3.63) is 117 Å². The van der Waals surface area contributed by atoms with Gasteiger partial charge in [0, 0.05) is 28.4 Å². The average molecular weight is 544 g/mol. The monoisotopic (exact) mass is 544 g/mol. The number of carboxylic acids is 1. The molecule has 200 valence electrons. The van der Waals surface area contributed by atoms with Crippen molar-refractivity contribution in [1.29, 1.82) is 0 Å². The number of aliphatic carboxylic acids is 1. The van der Waals surface area contributed by atoms with Crippen molar-refractivity contribution in [1.82, 2.24) is 0 Å². The molecule has 0 saturated heterocycles. The zero-order chi connectivity index (χ0) is 28.4. The summed E-state index contributed by atoms with van der Waals surface area (Å²) < 4.78 is 84.8. The Kier molecular flexibility index (Phi) is 7.54. The zero-order valence-electron chi connectivity index (χ0n) is 19.9. The predicted molar refractivity (Wildman–Crippen MR) is 129 cm³/mol. The van der Waals surface area contributed by atoms with Crippen molar-refractivity contribution in [3.8, 4) is 5.75 Å². The van der Waals surface area contributed by atoms with E-state index in [1.807, 2.05) is 0 Å². The number of hydrogen-bond acceptors (Lipinski definition) is 3. The predicted octanol–water partition coefficient (Wildman–Crippen LogP) is 7.13. The summed E-state index contributed by atoms with van der Waals surface area (Å²) in [5.74, 6) is -1.12. The Balaban J connectivity index is 1.53. The lowest BCUT2D eigenvalue weighted by Crippen LogP contribution is -2.15. The average Bonchev–Trinajstić information content (AvgIpc) is 2.87. The van der Waals surface area contributed by atoms with Crippen LogP contribution < -0.4 is 4.74 Å². The minimum atomic E-state index is -4.98. The van der Waals surface area contributed by atoms with Crippen LogP contribution in [0.3, 0.4) is 0 Å². The number of carbonyl (C=O) groups is 2. The Bertz CT molecular complexity index is 1510. The quantitative estimate of drug-likeness (QED) is 0.239. The summed E-state index contributed by atoms with van der Waals surface area (Å²) in [7, 11) is 0. The van der Waals surface area contributed by atoms with Gasteiger partial charge in [-0.3, -0.25) is 4.79 Å². The molecule has 0 saturated carbocycles. The van der Waals surface area contributed by atoms with Crippen LogP contribution >= 0.6 is 0 Å². The molecule has 0 radical (unpaired) electrons. The highest BCUT2D eigenvalue weighted by Crippen LogP contribution is 2.37. The van der Waals surface area contributed by atoms with Gasteiger partial charge in [-0.1, -0.05) is 11.5 Å². The highest BCUT2D eigenvalue weighted by Gasteiger charge is 2.37. The van der Waals surface area contributed by atoms with E-state index in [1.54, 1.807) is 24.3 Å². The van der Waals surface area contributed by atoms with Crippen LogP contribution in [-0.4, -0.2) is 23.5 Å². The van der Waals surface area contributed by atoms with Gasteiger partial charge in [-0.05, 0) is 84.7 Å². The number of benzene rings is 2. The molecule has 10 heteroatoms. The van der Waals surface area contributed by atoms with Crippen LogP contribution in [-0.2, 0) is 23.6 Å². The maximum Gasteiger partial charge on any atom is 0.416 e. The summed E-state index contributed by atoms with van der Waals surface area (Å²) in [6.45, 7) is 0.119. The van der Waals surface area contributed by atoms with E-state index in [0.29, 0.717) is 41.0 Å². The standard InChI is InChI=1S/C29H18F6O4/c30-28(31,32)22-12-19(13-23(15-22)29(33,34)35)11-21-7-6-20-14-24(8-9-25(20)27(21)38)39-16-18-3-1-17(2-4-18)5-10-26(36)37/h1,3,5,8-15H,6-7,16H2,(H,36,37)/b10-5+,21-11+. The Morgan fingerprint density at radius 2 is 1.64 bits per heavy atom. The number of aryl methyl sites for hydroxylation is 1. The molecular weight excluding hydrogens is 526 g/mol. The first-order valence-corrected chi connectivity index (χ1v) is 11.4. The van der Waals surface area contributed by atoms with Crippen LogP contribution in [0, 0.1) is 0 Å². The number of ketones is 1. The lowest BCUT2D eigenvalue weighted by Gasteiger charge is -2.19. The number of halogens is 6. The SMILES string of the molecule is O=C(O)/C=C/C1=C=C=C(COc2ccc3c(c2)CC/C(=C\c2cc(C(F)(F)F)cc(C(F)(F)F)c2)C3=O)C=C1. The van der Waals surface area contributed by atoms with Crippen LogP contribution in [0.5, 0.6) is 5.75 Å². The highest BCUT2D eigenvalue weighted by molar-refractivity contribution is 6.13. The molecule has 2 aliphatic rings. The highest BCUT2D eigenvalue weighted by atomic mass is 19.4. The third kappa shape index (κ3) is 6.87. The number of Topliss-reactive ketones (excluding diaryl/α,β-unsaturated/α-hetero) is 1. The molecule has 4 nitrogen and oxygen atoms in total. The smallest absolute Gasteiger partial charge is 0.416 e. The van der Waals surface area contributed by atoms with E-state index < -0.39 is 35.2 Å². The van der Waals surface area contributed by atoms with Crippen molar-refractivity contribution in [2.24, 2.45) is 0 Å². The first-order valence-electron chi connectivity index (χ1n) is 11.4. The van der Waals surface area contributed by atoms with Gasteiger partial charge in [0.2, 0.25) is 0 Å². The maximum absolute atomic E-state index is 13.2. The minimum absolute atomic E-state index is 0.0438. The fourth-order valence-electron chi connectivity index (χ4n) is 3.97. The third-order valence-corrected chi connectivity index (χ3v) is 5.86. The first-order chi connectivity index (χ1) is 18.3. The van der Waals surface area contributed by atoms with E-state index in [2.05, 4.69) is 11.5 Å². The van der Waals surface area contributed by atoms with E-state index in [4.69, 9.17) is 9.84 Å². The van der Waals surface area contributed by atoms with Gasteiger partial charge in [0.15, 0.2) is 5.78 Å². The van der Waals surface area contributed by atoms with Gasteiger partial charge in [-0.15, -0.1) is 0 Å². The molecule has 0 amide bonds. The van der Waals surface area contributed by atoms with E-state index in [9.17, 15) is 35.9 Å². The summed E-state index contributed by atoms with van der Waals surface area (Å²) in [5, 5.41) is 8.66. The van der Waals surface area contributed by atoms with Gasteiger partial charge in [0.05, 0.1) is 11.1 Å².